The molecule has 2 aromatic carbocycles. The Labute approximate surface area is 236 Å². The zero-order chi connectivity index (χ0) is 28.1. The van der Waals surface area contributed by atoms with Gasteiger partial charge >= 0.3 is 0 Å². The van der Waals surface area contributed by atoms with Gasteiger partial charge in [-0.15, -0.1) is 11.3 Å². The minimum Gasteiger partial charge on any atom is -0.368 e. The van der Waals surface area contributed by atoms with Crippen LogP contribution >= 0.6 is 11.3 Å². The highest BCUT2D eigenvalue weighted by Gasteiger charge is 2.22. The summed E-state index contributed by atoms with van der Waals surface area (Å²) in [6.07, 6.45) is 0. The van der Waals surface area contributed by atoms with Gasteiger partial charge in [-0.2, -0.15) is 29.9 Å². The lowest BCUT2D eigenvalue weighted by atomic mass is 10.2. The molecule has 5 aromatic rings. The van der Waals surface area contributed by atoms with E-state index in [2.05, 4.69) is 63.8 Å². The number of nitrogens with two attached hydrogens (primary N) is 2. The molecule has 0 spiro atoms. The third kappa shape index (κ3) is 6.65. The highest BCUT2D eigenvalue weighted by atomic mass is 32.1. The molecule has 0 bridgehead atoms. The van der Waals surface area contributed by atoms with Crippen molar-refractivity contribution in [3.05, 3.63) is 93.7 Å². The monoisotopic (exact) mass is 553 g/mol. The van der Waals surface area contributed by atoms with Gasteiger partial charge in [0, 0.05) is 22.3 Å². The number of hydrogen-bond donors (Lipinski definition) is 4. The van der Waals surface area contributed by atoms with Crippen LogP contribution in [0.3, 0.4) is 0 Å². The molecule has 12 heteroatoms. The summed E-state index contributed by atoms with van der Waals surface area (Å²) in [5.74, 6) is 2.08. The Balaban J connectivity index is 1.42. The first-order chi connectivity index (χ1) is 19.3. The molecule has 40 heavy (non-hydrogen) atoms. The highest BCUT2D eigenvalue weighted by molar-refractivity contribution is 7.10. The first kappa shape index (κ1) is 26.9. The van der Waals surface area contributed by atoms with Gasteiger partial charge in [-0.3, -0.25) is 4.90 Å². The van der Waals surface area contributed by atoms with Crippen LogP contribution in [0.5, 0.6) is 0 Å². The van der Waals surface area contributed by atoms with E-state index in [1.165, 1.54) is 4.88 Å². The van der Waals surface area contributed by atoms with Crippen LogP contribution in [-0.4, -0.2) is 34.8 Å². The van der Waals surface area contributed by atoms with Crippen LogP contribution in [0.25, 0.3) is 0 Å². The van der Waals surface area contributed by atoms with Gasteiger partial charge in [0.05, 0.1) is 13.1 Å². The number of hydrogen-bond acceptors (Lipinski definition) is 12. The second-order valence-corrected chi connectivity index (χ2v) is 10.3. The van der Waals surface area contributed by atoms with Crippen molar-refractivity contribution in [2.45, 2.75) is 39.9 Å². The van der Waals surface area contributed by atoms with Crippen LogP contribution in [-0.2, 0) is 13.1 Å². The summed E-state index contributed by atoms with van der Waals surface area (Å²) >= 11 is 1.68. The third-order valence-corrected chi connectivity index (χ3v) is 7.42. The van der Waals surface area contributed by atoms with Gasteiger partial charge in [0.2, 0.25) is 23.8 Å². The Morgan fingerprint density at radius 2 is 1.20 bits per heavy atom. The van der Waals surface area contributed by atoms with Crippen molar-refractivity contribution in [1.29, 1.82) is 0 Å². The molecule has 0 saturated carbocycles. The predicted octanol–water partition coefficient (Wildman–Crippen LogP) is 5.15. The number of para-hydroxylation sites is 2. The van der Waals surface area contributed by atoms with Crippen molar-refractivity contribution < 1.29 is 0 Å². The van der Waals surface area contributed by atoms with E-state index in [1.807, 2.05) is 68.4 Å². The maximum atomic E-state index is 6.10. The van der Waals surface area contributed by atoms with Crippen LogP contribution in [0.15, 0.2) is 66.0 Å². The number of aryl methyl sites for hydroxylation is 2. The van der Waals surface area contributed by atoms with E-state index in [-0.39, 0.29) is 17.9 Å². The lowest BCUT2D eigenvalue weighted by Gasteiger charge is -2.27. The topological polar surface area (TPSA) is 157 Å². The number of thiophene rings is 1. The van der Waals surface area contributed by atoms with E-state index < -0.39 is 0 Å². The summed E-state index contributed by atoms with van der Waals surface area (Å²) in [6, 6.07) is 20.0. The molecule has 11 nitrogen and oxygen atoms in total. The summed E-state index contributed by atoms with van der Waals surface area (Å²) in [5, 5.41) is 8.57. The Bertz CT molecular complexity index is 1490. The van der Waals surface area contributed by atoms with Crippen molar-refractivity contribution in [1.82, 2.24) is 34.8 Å². The summed E-state index contributed by atoms with van der Waals surface area (Å²) < 4.78 is 0. The molecule has 3 heterocycles. The quantitative estimate of drug-likeness (QED) is 0.181. The standard InChI is InChI=1S/C28H31N11S/c1-17-9-4-6-11-20(17)31-27-35-23(33-25(29)37-27)15-39(19(3)22-13-8-14-40-22)16-24-34-26(30)38-28(36-24)32-21-12-7-5-10-18(21)2/h4-14,19H,15-16H2,1-3H3,(H3,29,31,33,35,37)(H3,30,32,34,36,38)/t19-/m1/s1. The van der Waals surface area contributed by atoms with E-state index in [0.29, 0.717) is 36.6 Å². The summed E-state index contributed by atoms with van der Waals surface area (Å²) in [6.45, 7) is 6.91. The van der Waals surface area contributed by atoms with E-state index >= 15 is 0 Å². The molecule has 5 rings (SSSR count). The summed E-state index contributed by atoms with van der Waals surface area (Å²) in [7, 11) is 0. The molecular weight excluding hydrogens is 522 g/mol. The average molecular weight is 554 g/mol. The van der Waals surface area contributed by atoms with Crippen molar-refractivity contribution >= 4 is 46.5 Å². The van der Waals surface area contributed by atoms with Gasteiger partial charge in [-0.05, 0) is 55.5 Å². The Morgan fingerprint density at radius 1 is 0.700 bits per heavy atom. The number of nitrogens with zero attached hydrogens (tertiary/aromatic N) is 7. The summed E-state index contributed by atoms with van der Waals surface area (Å²) in [4.78, 5) is 30.2. The van der Waals surface area contributed by atoms with E-state index in [1.54, 1.807) is 11.3 Å². The van der Waals surface area contributed by atoms with Crippen molar-refractivity contribution in [3.8, 4) is 0 Å². The Hall–Kier alpha value is -4.68. The molecule has 0 fully saturated rings. The first-order valence-electron chi connectivity index (χ1n) is 12.8. The van der Waals surface area contributed by atoms with Gasteiger partial charge in [0.25, 0.3) is 0 Å². The molecule has 0 unspecified atom stereocenters. The van der Waals surface area contributed by atoms with Crippen molar-refractivity contribution in [2.75, 3.05) is 22.1 Å². The summed E-state index contributed by atoms with van der Waals surface area (Å²) in [5.41, 5.74) is 16.1. The fraction of sp³-hybridized carbons (Fsp3) is 0.214. The van der Waals surface area contributed by atoms with Crippen molar-refractivity contribution in [2.24, 2.45) is 0 Å². The fourth-order valence-electron chi connectivity index (χ4n) is 4.20. The molecule has 0 amide bonds. The van der Waals surface area contributed by atoms with Crippen LogP contribution in [0, 0.1) is 13.8 Å². The van der Waals surface area contributed by atoms with E-state index in [4.69, 9.17) is 11.5 Å². The molecule has 0 radical (unpaired) electrons. The number of rotatable bonds is 10. The second-order valence-electron chi connectivity index (χ2n) is 9.34. The molecule has 6 N–H and O–H groups in total. The van der Waals surface area contributed by atoms with Crippen LogP contribution < -0.4 is 22.1 Å². The molecule has 0 aliphatic carbocycles. The molecule has 0 aliphatic rings. The SMILES string of the molecule is Cc1ccccc1Nc1nc(N)nc(CN(Cc2nc(N)nc(Nc3ccccc3C)n2)[C@H](C)c2cccs2)n1. The van der Waals surface area contributed by atoms with Crippen molar-refractivity contribution in [3.63, 3.8) is 0 Å². The minimum atomic E-state index is 0.0107. The number of aromatic nitrogens is 6. The maximum absolute atomic E-state index is 6.10. The molecule has 204 valence electrons. The molecule has 0 aliphatic heterocycles. The maximum Gasteiger partial charge on any atom is 0.232 e. The van der Waals surface area contributed by atoms with Gasteiger partial charge in [-0.25, -0.2) is 0 Å². The lowest BCUT2D eigenvalue weighted by molar-refractivity contribution is 0.185. The van der Waals surface area contributed by atoms with Gasteiger partial charge < -0.3 is 22.1 Å². The lowest BCUT2D eigenvalue weighted by Crippen LogP contribution is -2.28. The van der Waals surface area contributed by atoms with Gasteiger partial charge in [0.1, 0.15) is 11.6 Å². The van der Waals surface area contributed by atoms with Crippen LogP contribution in [0.4, 0.5) is 35.2 Å². The third-order valence-electron chi connectivity index (χ3n) is 6.37. The predicted molar refractivity (Wildman–Crippen MR) is 159 cm³/mol. The van der Waals surface area contributed by atoms with Gasteiger partial charge in [0.15, 0.2) is 0 Å². The minimum absolute atomic E-state index is 0.0107. The average Bonchev–Trinajstić information content (AvgIpc) is 3.45. The molecule has 1 atom stereocenters. The smallest absolute Gasteiger partial charge is 0.232 e. The van der Waals surface area contributed by atoms with Gasteiger partial charge in [-0.1, -0.05) is 42.5 Å². The Kier molecular flexibility index (Phi) is 8.08. The second kappa shape index (κ2) is 12.0. The number of nitrogens with one attached hydrogen (secondary N) is 2. The zero-order valence-corrected chi connectivity index (χ0v) is 23.4. The number of benzene rings is 2. The number of anilines is 6. The normalized spacial score (nSPS) is 11.9. The number of nitrogen functional groups attached to an aromatic ring is 2. The van der Waals surface area contributed by atoms with E-state index in [0.717, 1.165) is 22.5 Å². The molecule has 3 aromatic heterocycles. The highest BCUT2D eigenvalue weighted by Crippen LogP contribution is 2.28. The fourth-order valence-corrected chi connectivity index (χ4v) is 5.02. The molecular formula is C28H31N11S. The first-order valence-corrected chi connectivity index (χ1v) is 13.7. The largest absolute Gasteiger partial charge is 0.368 e. The molecule has 0 saturated heterocycles. The van der Waals surface area contributed by atoms with E-state index in [9.17, 15) is 0 Å². The zero-order valence-electron chi connectivity index (χ0n) is 22.5. The van der Waals surface area contributed by atoms with Crippen LogP contribution in [0.1, 0.15) is 40.6 Å². The Morgan fingerprint density at radius 3 is 1.65 bits per heavy atom. The van der Waals surface area contributed by atoms with Crippen LogP contribution in [0.2, 0.25) is 0 Å².